The highest BCUT2D eigenvalue weighted by Gasteiger charge is 2.36. The number of hydrogen-bond acceptors (Lipinski definition) is 3. The van der Waals surface area contributed by atoms with Crippen LogP contribution in [0.4, 0.5) is 13.2 Å². The third-order valence-corrected chi connectivity index (χ3v) is 3.51. The predicted octanol–water partition coefficient (Wildman–Crippen LogP) is 2.10. The number of hydrogen-bond donors (Lipinski definition) is 1. The maximum atomic E-state index is 12.5. The van der Waals surface area contributed by atoms with E-state index in [-0.39, 0.29) is 30.7 Å². The Morgan fingerprint density at radius 3 is 2.29 bits per heavy atom. The van der Waals surface area contributed by atoms with E-state index in [0.717, 1.165) is 17.0 Å². The lowest BCUT2D eigenvalue weighted by atomic mass is 10.0. The van der Waals surface area contributed by atoms with E-state index >= 15 is 0 Å². The Bertz CT molecular complexity index is 554. The lowest BCUT2D eigenvalue weighted by Crippen LogP contribution is -2.36. The second-order valence-electron chi connectivity index (χ2n) is 5.17. The van der Waals surface area contributed by atoms with Crippen molar-refractivity contribution >= 4 is 11.8 Å². The lowest BCUT2D eigenvalue weighted by Gasteiger charge is -2.20. The van der Waals surface area contributed by atoms with Crippen LogP contribution in [0, 0.1) is 5.92 Å². The summed E-state index contributed by atoms with van der Waals surface area (Å²) in [5, 5.41) is 0. The van der Waals surface area contributed by atoms with Gasteiger partial charge in [0, 0.05) is 24.9 Å². The molecule has 114 valence electrons. The minimum absolute atomic E-state index is 0.0205. The molecule has 0 bridgehead atoms. The molecular weight excluding hydrogens is 285 g/mol. The zero-order valence-electron chi connectivity index (χ0n) is 11.4. The molecule has 4 nitrogen and oxygen atoms in total. The molecule has 0 aliphatic carbocycles. The van der Waals surface area contributed by atoms with Crippen molar-refractivity contribution in [2.24, 2.45) is 11.7 Å². The molecule has 0 radical (unpaired) electrons. The highest BCUT2D eigenvalue weighted by molar-refractivity contribution is 6.03. The Kier molecular flexibility index (Phi) is 4.04. The Balaban J connectivity index is 2.09. The van der Waals surface area contributed by atoms with E-state index in [1.54, 1.807) is 6.92 Å². The van der Waals surface area contributed by atoms with E-state index in [1.165, 1.54) is 12.1 Å². The zero-order chi connectivity index (χ0) is 15.8. The summed E-state index contributed by atoms with van der Waals surface area (Å²) in [6, 6.07) is 3.70. The van der Waals surface area contributed by atoms with Gasteiger partial charge in [0.05, 0.1) is 5.56 Å². The SMILES string of the molecule is CC1CC(=O)N(CC(N)c2ccc(C(F)(F)F)cc2)C1=O. The van der Waals surface area contributed by atoms with Crippen LogP contribution in [0.5, 0.6) is 0 Å². The van der Waals surface area contributed by atoms with Crippen molar-refractivity contribution in [3.05, 3.63) is 35.4 Å². The summed E-state index contributed by atoms with van der Waals surface area (Å²) in [5.74, 6) is -0.950. The number of amides is 2. The van der Waals surface area contributed by atoms with Gasteiger partial charge in [0.15, 0.2) is 0 Å². The lowest BCUT2D eigenvalue weighted by molar-refractivity contribution is -0.139. The third kappa shape index (κ3) is 3.24. The summed E-state index contributed by atoms with van der Waals surface area (Å²) in [4.78, 5) is 24.5. The molecule has 2 rings (SSSR count). The summed E-state index contributed by atoms with van der Waals surface area (Å²) in [6.07, 6.45) is -4.25. The number of alkyl halides is 3. The molecule has 1 saturated heterocycles. The van der Waals surface area contributed by atoms with Crippen molar-refractivity contribution in [2.75, 3.05) is 6.54 Å². The first-order valence-corrected chi connectivity index (χ1v) is 6.47. The molecule has 1 aliphatic heterocycles. The number of rotatable bonds is 3. The number of likely N-dealkylation sites (tertiary alicyclic amines) is 1. The molecule has 1 aromatic rings. The number of imide groups is 1. The zero-order valence-corrected chi connectivity index (χ0v) is 11.4. The van der Waals surface area contributed by atoms with Gasteiger partial charge < -0.3 is 5.73 Å². The number of carbonyl (C=O) groups excluding carboxylic acids is 2. The van der Waals surface area contributed by atoms with Gasteiger partial charge in [-0.3, -0.25) is 14.5 Å². The first kappa shape index (κ1) is 15.5. The summed E-state index contributed by atoms with van der Waals surface area (Å²) in [7, 11) is 0. The molecule has 1 aliphatic rings. The minimum atomic E-state index is -4.40. The van der Waals surface area contributed by atoms with Gasteiger partial charge in [0.25, 0.3) is 0 Å². The summed E-state index contributed by atoms with van der Waals surface area (Å²) < 4.78 is 37.4. The van der Waals surface area contributed by atoms with E-state index in [9.17, 15) is 22.8 Å². The van der Waals surface area contributed by atoms with Gasteiger partial charge in [0.2, 0.25) is 11.8 Å². The van der Waals surface area contributed by atoms with Gasteiger partial charge in [-0.2, -0.15) is 13.2 Å². The molecule has 2 unspecified atom stereocenters. The van der Waals surface area contributed by atoms with Crippen LogP contribution < -0.4 is 5.73 Å². The molecule has 7 heteroatoms. The van der Waals surface area contributed by atoms with Crippen LogP contribution in [-0.2, 0) is 15.8 Å². The normalized spacial score (nSPS) is 21.0. The van der Waals surface area contributed by atoms with E-state index in [0.29, 0.717) is 5.56 Å². The summed E-state index contributed by atoms with van der Waals surface area (Å²) >= 11 is 0. The van der Waals surface area contributed by atoms with Crippen LogP contribution in [0.15, 0.2) is 24.3 Å². The maximum absolute atomic E-state index is 12.5. The molecule has 1 aromatic carbocycles. The van der Waals surface area contributed by atoms with Crippen LogP contribution in [0.2, 0.25) is 0 Å². The molecule has 1 heterocycles. The molecule has 2 atom stereocenters. The maximum Gasteiger partial charge on any atom is 0.416 e. The van der Waals surface area contributed by atoms with Crippen LogP contribution in [0.1, 0.15) is 30.5 Å². The molecule has 2 N–H and O–H groups in total. The van der Waals surface area contributed by atoms with E-state index in [2.05, 4.69) is 0 Å². The monoisotopic (exact) mass is 300 g/mol. The molecule has 0 aromatic heterocycles. The van der Waals surface area contributed by atoms with E-state index in [1.807, 2.05) is 0 Å². The van der Waals surface area contributed by atoms with Gasteiger partial charge in [-0.1, -0.05) is 19.1 Å². The van der Waals surface area contributed by atoms with Crippen LogP contribution >= 0.6 is 0 Å². The first-order valence-electron chi connectivity index (χ1n) is 6.47. The fourth-order valence-electron chi connectivity index (χ4n) is 2.26. The van der Waals surface area contributed by atoms with Crippen LogP contribution in [-0.4, -0.2) is 23.3 Å². The topological polar surface area (TPSA) is 63.4 Å². The second kappa shape index (κ2) is 5.48. The van der Waals surface area contributed by atoms with Crippen molar-refractivity contribution < 1.29 is 22.8 Å². The van der Waals surface area contributed by atoms with Crippen LogP contribution in [0.25, 0.3) is 0 Å². The van der Waals surface area contributed by atoms with Crippen molar-refractivity contribution in [3.8, 4) is 0 Å². The number of halogens is 3. The smallest absolute Gasteiger partial charge is 0.322 e. The first-order chi connectivity index (χ1) is 9.70. The number of carbonyl (C=O) groups is 2. The van der Waals surface area contributed by atoms with Crippen LogP contribution in [0.3, 0.4) is 0 Å². The largest absolute Gasteiger partial charge is 0.416 e. The molecular formula is C14H15F3N2O2. The summed E-state index contributed by atoms with van der Waals surface area (Å²) in [6.45, 7) is 1.64. The molecule has 2 amide bonds. The van der Waals surface area contributed by atoms with E-state index in [4.69, 9.17) is 5.73 Å². The van der Waals surface area contributed by atoms with Crippen molar-refractivity contribution in [1.29, 1.82) is 0 Å². The average molecular weight is 300 g/mol. The van der Waals surface area contributed by atoms with Crippen molar-refractivity contribution in [2.45, 2.75) is 25.6 Å². The van der Waals surface area contributed by atoms with Gasteiger partial charge in [-0.25, -0.2) is 0 Å². The third-order valence-electron chi connectivity index (χ3n) is 3.51. The average Bonchev–Trinajstić information content (AvgIpc) is 2.64. The standard InChI is InChI=1S/C14H15F3N2O2/c1-8-6-12(20)19(13(8)21)7-11(18)9-2-4-10(5-3-9)14(15,16)17/h2-5,8,11H,6-7,18H2,1H3. The molecule has 21 heavy (non-hydrogen) atoms. The Morgan fingerprint density at radius 2 is 1.86 bits per heavy atom. The van der Waals surface area contributed by atoms with Gasteiger partial charge in [-0.15, -0.1) is 0 Å². The van der Waals surface area contributed by atoms with Crippen molar-refractivity contribution in [1.82, 2.24) is 4.90 Å². The Labute approximate surface area is 119 Å². The van der Waals surface area contributed by atoms with E-state index < -0.39 is 17.8 Å². The number of nitrogens with zero attached hydrogens (tertiary/aromatic N) is 1. The highest BCUT2D eigenvalue weighted by atomic mass is 19.4. The Hall–Kier alpha value is -1.89. The molecule has 0 spiro atoms. The fourth-order valence-corrected chi connectivity index (χ4v) is 2.26. The Morgan fingerprint density at radius 1 is 1.29 bits per heavy atom. The second-order valence-corrected chi connectivity index (χ2v) is 5.17. The van der Waals surface area contributed by atoms with Gasteiger partial charge in [0.1, 0.15) is 0 Å². The molecule has 1 fully saturated rings. The van der Waals surface area contributed by atoms with Gasteiger partial charge in [-0.05, 0) is 17.7 Å². The summed E-state index contributed by atoms with van der Waals surface area (Å²) in [5.41, 5.74) is 5.56. The van der Waals surface area contributed by atoms with Crippen molar-refractivity contribution in [3.63, 3.8) is 0 Å². The molecule has 0 saturated carbocycles. The van der Waals surface area contributed by atoms with Gasteiger partial charge >= 0.3 is 6.18 Å². The predicted molar refractivity (Wildman–Crippen MR) is 68.9 cm³/mol. The number of benzene rings is 1. The number of nitrogens with two attached hydrogens (primary N) is 1. The highest BCUT2D eigenvalue weighted by Crippen LogP contribution is 2.30. The quantitative estimate of drug-likeness (QED) is 0.870. The fraction of sp³-hybridized carbons (Fsp3) is 0.429. The minimum Gasteiger partial charge on any atom is -0.322 e.